The van der Waals surface area contributed by atoms with Crippen LogP contribution in [-0.4, -0.2) is 84.2 Å². The number of ether oxygens (including phenoxy) is 1. The smallest absolute Gasteiger partial charge is 0.363 e. The zero-order valence-electron chi connectivity index (χ0n) is 23.5. The minimum atomic E-state index is -4.66. The number of piperazine rings is 1. The summed E-state index contributed by atoms with van der Waals surface area (Å²) in [5.74, 6) is -1.24. The van der Waals surface area contributed by atoms with Gasteiger partial charge in [-0.1, -0.05) is 13.0 Å². The van der Waals surface area contributed by atoms with Gasteiger partial charge in [-0.3, -0.25) is 14.6 Å². The number of hydrogen-bond acceptors (Lipinski definition) is 7. The summed E-state index contributed by atoms with van der Waals surface area (Å²) in [7, 11) is 0. The van der Waals surface area contributed by atoms with Crippen molar-refractivity contribution in [1.82, 2.24) is 30.7 Å². The summed E-state index contributed by atoms with van der Waals surface area (Å²) in [6.45, 7) is 7.96. The molecule has 12 heteroatoms. The van der Waals surface area contributed by atoms with Gasteiger partial charge in [0.05, 0.1) is 5.70 Å². The van der Waals surface area contributed by atoms with Crippen molar-refractivity contribution in [2.75, 3.05) is 39.3 Å². The molecule has 0 aromatic carbocycles. The lowest BCUT2D eigenvalue weighted by Crippen LogP contribution is -2.59. The van der Waals surface area contributed by atoms with Crippen LogP contribution in [0.15, 0.2) is 48.1 Å². The molecular formula is C28H39F3N6O3. The van der Waals surface area contributed by atoms with Crippen molar-refractivity contribution in [2.24, 2.45) is 5.41 Å². The average Bonchev–Trinajstić information content (AvgIpc) is 3.45. The maximum Gasteiger partial charge on any atom is 0.402 e. The maximum absolute atomic E-state index is 13.8. The van der Waals surface area contributed by atoms with Gasteiger partial charge in [0.15, 0.2) is 5.72 Å². The Labute approximate surface area is 233 Å². The fraction of sp³-hybridized carbons (Fsp3) is 0.607. The molecule has 0 saturated carbocycles. The van der Waals surface area contributed by atoms with Crippen molar-refractivity contribution in [3.8, 4) is 0 Å². The van der Waals surface area contributed by atoms with Gasteiger partial charge >= 0.3 is 6.18 Å². The van der Waals surface area contributed by atoms with Crippen molar-refractivity contribution in [1.29, 1.82) is 0 Å². The Morgan fingerprint density at radius 3 is 2.62 bits per heavy atom. The van der Waals surface area contributed by atoms with Crippen LogP contribution in [0, 0.1) is 5.41 Å². The van der Waals surface area contributed by atoms with Crippen LogP contribution in [0.1, 0.15) is 46.1 Å². The number of alkyl halides is 3. The molecule has 40 heavy (non-hydrogen) atoms. The molecule has 1 aromatic heterocycles. The van der Waals surface area contributed by atoms with Crippen molar-refractivity contribution >= 4 is 11.8 Å². The van der Waals surface area contributed by atoms with Crippen molar-refractivity contribution in [3.63, 3.8) is 0 Å². The Morgan fingerprint density at radius 2 is 2.02 bits per heavy atom. The average molecular weight is 565 g/mol. The molecule has 3 N–H and O–H groups in total. The number of allylic oxidation sites excluding steroid dienone is 1. The first-order chi connectivity index (χ1) is 18.9. The number of carbonyl (C=O) groups excluding carboxylic acids is 2. The lowest BCUT2D eigenvalue weighted by molar-refractivity contribution is -0.218. The molecule has 1 unspecified atom stereocenters. The second-order valence-electron chi connectivity index (χ2n) is 10.9. The van der Waals surface area contributed by atoms with Gasteiger partial charge < -0.3 is 30.5 Å². The number of rotatable bonds is 8. The van der Waals surface area contributed by atoms with Crippen molar-refractivity contribution in [2.45, 2.75) is 64.5 Å². The van der Waals surface area contributed by atoms with E-state index in [1.807, 2.05) is 37.0 Å². The molecule has 9 nitrogen and oxygen atoms in total. The second-order valence-corrected chi connectivity index (χ2v) is 10.9. The highest BCUT2D eigenvalue weighted by atomic mass is 19.4. The van der Waals surface area contributed by atoms with Gasteiger partial charge in [0.1, 0.15) is 11.1 Å². The molecule has 3 aliphatic heterocycles. The van der Waals surface area contributed by atoms with E-state index in [-0.39, 0.29) is 37.6 Å². The predicted octanol–water partition coefficient (Wildman–Crippen LogP) is 2.63. The molecule has 220 valence electrons. The number of aromatic nitrogens is 1. The summed E-state index contributed by atoms with van der Waals surface area (Å²) in [6, 6.07) is 3.33. The molecule has 2 amide bonds. The van der Waals surface area contributed by atoms with Gasteiger partial charge in [-0.15, -0.1) is 0 Å². The first-order valence-corrected chi connectivity index (χ1v) is 13.8. The van der Waals surface area contributed by atoms with E-state index >= 15 is 0 Å². The molecule has 0 radical (unpaired) electrons. The molecule has 0 bridgehead atoms. The van der Waals surface area contributed by atoms with Crippen molar-refractivity contribution < 1.29 is 27.5 Å². The van der Waals surface area contributed by atoms with Crippen molar-refractivity contribution in [3.05, 3.63) is 53.6 Å². The molecule has 1 aromatic rings. The van der Waals surface area contributed by atoms with E-state index in [0.29, 0.717) is 31.0 Å². The largest absolute Gasteiger partial charge is 0.402 e. The van der Waals surface area contributed by atoms with E-state index in [2.05, 4.69) is 20.9 Å². The lowest BCUT2D eigenvalue weighted by atomic mass is 9.89. The van der Waals surface area contributed by atoms with Gasteiger partial charge in [-0.25, -0.2) is 0 Å². The van der Waals surface area contributed by atoms with Crippen LogP contribution >= 0.6 is 0 Å². The number of amides is 2. The standard InChI is InChI=1S/C28H39F3N6O3/c1-5-21-18-36(25(39)26(3,4)28(29,30)31)14-15-37(21)22-9-11-27(40-6-2,19-8-7-12-32-16-19)35-23(22)24(38)34-20-10-13-33-17-20/h7-9,11-12,16,20-21,33,35H,5-6,10,13-15,17-18H2,1-4H3,(H,34,38)/t20-,21-,27?/m1/s1. The Kier molecular flexibility index (Phi) is 8.79. The van der Waals surface area contributed by atoms with Crippen LogP contribution in [-0.2, 0) is 20.1 Å². The van der Waals surface area contributed by atoms with Crippen LogP contribution in [0.5, 0.6) is 0 Å². The van der Waals surface area contributed by atoms with Gasteiger partial charge in [-0.05, 0) is 58.4 Å². The van der Waals surface area contributed by atoms with E-state index in [1.165, 1.54) is 4.90 Å². The quantitative estimate of drug-likeness (QED) is 0.447. The summed E-state index contributed by atoms with van der Waals surface area (Å²) in [5.41, 5.74) is -1.99. The van der Waals surface area contributed by atoms with Crippen LogP contribution in [0.3, 0.4) is 0 Å². The summed E-state index contributed by atoms with van der Waals surface area (Å²) in [4.78, 5) is 34.2. The van der Waals surface area contributed by atoms with Crippen LogP contribution in [0.25, 0.3) is 0 Å². The fourth-order valence-corrected chi connectivity index (χ4v) is 5.39. The number of hydrogen-bond donors (Lipinski definition) is 3. The van der Waals surface area contributed by atoms with Gasteiger partial charge in [0.2, 0.25) is 5.91 Å². The summed E-state index contributed by atoms with van der Waals surface area (Å²) in [6.07, 6.45) is 3.72. The third-order valence-electron chi connectivity index (χ3n) is 7.92. The molecule has 4 rings (SSSR count). The van der Waals surface area contributed by atoms with Crippen LogP contribution < -0.4 is 16.0 Å². The second kappa shape index (κ2) is 11.8. The van der Waals surface area contributed by atoms with Gasteiger partial charge in [0, 0.05) is 62.8 Å². The first kappa shape index (κ1) is 29.9. The molecule has 0 spiro atoms. The van der Waals surface area contributed by atoms with Crippen LogP contribution in [0.2, 0.25) is 0 Å². The van der Waals surface area contributed by atoms with E-state index in [1.54, 1.807) is 18.5 Å². The molecule has 2 saturated heterocycles. The first-order valence-electron chi connectivity index (χ1n) is 13.8. The fourth-order valence-electron chi connectivity index (χ4n) is 5.39. The summed E-state index contributed by atoms with van der Waals surface area (Å²) >= 11 is 0. The van der Waals surface area contributed by atoms with Gasteiger partial charge in [0.25, 0.3) is 5.91 Å². The normalized spacial score (nSPS) is 25.7. The number of nitrogens with one attached hydrogen (secondary N) is 3. The number of dihydropyridines is 1. The number of halogens is 3. The highest BCUT2D eigenvalue weighted by Gasteiger charge is 2.55. The number of carbonyl (C=O) groups is 2. The Hall–Kier alpha value is -3.12. The molecule has 0 aliphatic carbocycles. The molecule has 3 atom stereocenters. The zero-order chi connectivity index (χ0) is 29.1. The minimum Gasteiger partial charge on any atom is -0.363 e. The van der Waals surface area contributed by atoms with E-state index in [4.69, 9.17) is 4.74 Å². The third-order valence-corrected chi connectivity index (χ3v) is 7.92. The number of nitrogens with zero attached hydrogens (tertiary/aromatic N) is 3. The Balaban J connectivity index is 1.67. The Bertz CT molecular complexity index is 1130. The maximum atomic E-state index is 13.8. The molecule has 2 fully saturated rings. The van der Waals surface area contributed by atoms with Gasteiger partial charge in [-0.2, -0.15) is 13.2 Å². The van der Waals surface area contributed by atoms with E-state index in [9.17, 15) is 22.8 Å². The topological polar surface area (TPSA) is 98.8 Å². The Morgan fingerprint density at radius 1 is 1.25 bits per heavy atom. The summed E-state index contributed by atoms with van der Waals surface area (Å²) < 4.78 is 47.0. The summed E-state index contributed by atoms with van der Waals surface area (Å²) in [5, 5.41) is 9.70. The number of pyridine rings is 1. The minimum absolute atomic E-state index is 0.0325. The molecule has 4 heterocycles. The zero-order valence-corrected chi connectivity index (χ0v) is 23.5. The SMILES string of the molecule is CCOC1(c2cccnc2)C=CC(N2CCN(C(=O)C(C)(C)C(F)(F)F)C[C@H]2CC)=C(C(=O)N[C@@H]2CCNC2)N1. The van der Waals surface area contributed by atoms with Crippen LogP contribution in [0.4, 0.5) is 13.2 Å². The predicted molar refractivity (Wildman–Crippen MR) is 143 cm³/mol. The monoisotopic (exact) mass is 564 g/mol. The highest BCUT2D eigenvalue weighted by Crippen LogP contribution is 2.40. The molecular weight excluding hydrogens is 525 g/mol. The highest BCUT2D eigenvalue weighted by molar-refractivity contribution is 5.95. The molecule has 3 aliphatic rings. The lowest BCUT2D eigenvalue weighted by Gasteiger charge is -2.47. The van der Waals surface area contributed by atoms with E-state index < -0.39 is 23.2 Å². The van der Waals surface area contributed by atoms with E-state index in [0.717, 1.165) is 32.4 Å². The third kappa shape index (κ3) is 5.83.